The van der Waals surface area contributed by atoms with E-state index in [4.69, 9.17) is 18.9 Å². The van der Waals surface area contributed by atoms with Crippen LogP contribution in [0, 0.1) is 5.92 Å². The van der Waals surface area contributed by atoms with Crippen LogP contribution in [0.25, 0.3) is 0 Å². The lowest BCUT2D eigenvalue weighted by molar-refractivity contribution is -0.144. The lowest BCUT2D eigenvalue weighted by Gasteiger charge is -2.24. The third kappa shape index (κ3) is 4.95. The van der Waals surface area contributed by atoms with Crippen molar-refractivity contribution < 1.29 is 32.2 Å². The van der Waals surface area contributed by atoms with E-state index >= 15 is 0 Å². The van der Waals surface area contributed by atoms with Gasteiger partial charge in [-0.25, -0.2) is 8.42 Å². The monoisotopic (exact) mass is 424 g/mol. The Morgan fingerprint density at radius 1 is 1.31 bits per heavy atom. The van der Waals surface area contributed by atoms with Gasteiger partial charge in [-0.3, -0.25) is 4.79 Å². The zero-order valence-corrected chi connectivity index (χ0v) is 17.8. The molecule has 0 bridgehead atoms. The normalized spacial score (nSPS) is 31.6. The zero-order chi connectivity index (χ0) is 21.2. The van der Waals surface area contributed by atoms with Gasteiger partial charge in [0, 0.05) is 25.0 Å². The van der Waals surface area contributed by atoms with Crippen LogP contribution in [0.4, 0.5) is 0 Å². The standard InChI is InChI=1S/C21H28O7S/c1-14(11-22)19-17(13-29(23,24)16-8-6-5-7-9-16)20(25-4)18(27-19)10-15-12-26-21(2,3)28-15/h5-9,11,15,17-20H,1,10,12-13H2,2-4H3/t15?,17?,18-,19+,20?/m1/s1. The second-order valence-corrected chi connectivity index (χ2v) is 9.97. The lowest BCUT2D eigenvalue weighted by Crippen LogP contribution is -2.37. The summed E-state index contributed by atoms with van der Waals surface area (Å²) in [5.74, 6) is -1.45. The molecule has 1 aromatic carbocycles. The third-order valence-corrected chi connectivity index (χ3v) is 7.18. The minimum absolute atomic E-state index is 0.201. The molecule has 160 valence electrons. The molecule has 7 nitrogen and oxygen atoms in total. The van der Waals surface area contributed by atoms with Crippen molar-refractivity contribution in [2.24, 2.45) is 5.92 Å². The molecule has 2 saturated heterocycles. The van der Waals surface area contributed by atoms with E-state index in [1.54, 1.807) is 30.3 Å². The average molecular weight is 425 g/mol. The number of benzene rings is 1. The molecule has 0 aromatic heterocycles. The number of ether oxygens (including phenoxy) is 4. The van der Waals surface area contributed by atoms with Gasteiger partial charge >= 0.3 is 0 Å². The summed E-state index contributed by atoms with van der Waals surface area (Å²) in [5, 5.41) is 0. The first-order valence-corrected chi connectivity index (χ1v) is 11.2. The van der Waals surface area contributed by atoms with Gasteiger partial charge in [0.1, 0.15) is 6.29 Å². The minimum atomic E-state index is -3.60. The molecule has 2 heterocycles. The molecular formula is C21H28O7S. The summed E-state index contributed by atoms with van der Waals surface area (Å²) in [7, 11) is -2.08. The first-order chi connectivity index (χ1) is 13.7. The predicted molar refractivity (Wildman–Crippen MR) is 106 cm³/mol. The maximum Gasteiger partial charge on any atom is 0.178 e. The van der Waals surface area contributed by atoms with Crippen molar-refractivity contribution in [2.75, 3.05) is 19.5 Å². The summed E-state index contributed by atoms with van der Waals surface area (Å²) >= 11 is 0. The average Bonchev–Trinajstić information content (AvgIpc) is 3.20. The van der Waals surface area contributed by atoms with Crippen molar-refractivity contribution in [1.82, 2.24) is 0 Å². The summed E-state index contributed by atoms with van der Waals surface area (Å²) in [4.78, 5) is 11.6. The van der Waals surface area contributed by atoms with Gasteiger partial charge in [0.15, 0.2) is 15.6 Å². The van der Waals surface area contributed by atoms with Crippen molar-refractivity contribution in [3.63, 3.8) is 0 Å². The maximum absolute atomic E-state index is 13.0. The summed E-state index contributed by atoms with van der Waals surface area (Å²) < 4.78 is 49.2. The van der Waals surface area contributed by atoms with Crippen LogP contribution in [0.15, 0.2) is 47.4 Å². The van der Waals surface area contributed by atoms with Crippen LogP contribution in [-0.4, -0.2) is 64.4 Å². The van der Waals surface area contributed by atoms with Crippen LogP contribution < -0.4 is 0 Å². The van der Waals surface area contributed by atoms with Gasteiger partial charge in [0.05, 0.1) is 41.7 Å². The first kappa shape index (κ1) is 22.1. The molecule has 8 heteroatoms. The molecule has 3 unspecified atom stereocenters. The second kappa shape index (κ2) is 8.65. The van der Waals surface area contributed by atoms with E-state index in [-0.39, 0.29) is 22.3 Å². The Hall–Kier alpha value is -1.58. The topological polar surface area (TPSA) is 88.1 Å². The number of methoxy groups -OCH3 is 1. The van der Waals surface area contributed by atoms with Gasteiger partial charge in [-0.05, 0) is 26.0 Å². The number of rotatable bonds is 8. The number of hydrogen-bond donors (Lipinski definition) is 0. The number of aldehydes is 1. The highest BCUT2D eigenvalue weighted by molar-refractivity contribution is 7.91. The van der Waals surface area contributed by atoms with Gasteiger partial charge in [-0.15, -0.1) is 0 Å². The molecule has 0 radical (unpaired) electrons. The summed E-state index contributed by atoms with van der Waals surface area (Å²) in [5.41, 5.74) is 0.201. The van der Waals surface area contributed by atoms with E-state index in [2.05, 4.69) is 6.58 Å². The van der Waals surface area contributed by atoms with E-state index in [0.29, 0.717) is 19.3 Å². The van der Waals surface area contributed by atoms with Crippen LogP contribution in [0.3, 0.4) is 0 Å². The summed E-state index contributed by atoms with van der Waals surface area (Å²) in [6.45, 7) is 7.85. The molecule has 0 N–H and O–H groups in total. The molecule has 0 spiro atoms. The fourth-order valence-electron chi connectivity index (χ4n) is 4.06. The van der Waals surface area contributed by atoms with Gasteiger partial charge in [0.2, 0.25) is 0 Å². The number of carbonyl (C=O) groups is 1. The third-order valence-electron chi connectivity index (χ3n) is 5.36. The van der Waals surface area contributed by atoms with Crippen molar-refractivity contribution in [1.29, 1.82) is 0 Å². The first-order valence-electron chi connectivity index (χ1n) is 9.58. The van der Waals surface area contributed by atoms with Crippen LogP contribution >= 0.6 is 0 Å². The fourth-order valence-corrected chi connectivity index (χ4v) is 5.69. The molecule has 0 amide bonds. The van der Waals surface area contributed by atoms with Gasteiger partial charge in [0.25, 0.3) is 0 Å². The molecule has 3 rings (SSSR count). The molecule has 5 atom stereocenters. The van der Waals surface area contributed by atoms with E-state index in [1.165, 1.54) is 7.11 Å². The Balaban J connectivity index is 1.82. The molecule has 29 heavy (non-hydrogen) atoms. The smallest absolute Gasteiger partial charge is 0.178 e. The van der Waals surface area contributed by atoms with Crippen molar-refractivity contribution in [3.8, 4) is 0 Å². The Bertz CT molecular complexity index is 834. The van der Waals surface area contributed by atoms with Crippen LogP contribution in [0.1, 0.15) is 20.3 Å². The van der Waals surface area contributed by atoms with E-state index in [9.17, 15) is 13.2 Å². The lowest BCUT2D eigenvalue weighted by atomic mass is 9.92. The fraction of sp³-hybridized carbons (Fsp3) is 0.571. The molecule has 2 aliphatic heterocycles. The van der Waals surface area contributed by atoms with Crippen LogP contribution in [0.5, 0.6) is 0 Å². The van der Waals surface area contributed by atoms with Gasteiger partial charge in [-0.1, -0.05) is 24.8 Å². The number of hydrogen-bond acceptors (Lipinski definition) is 7. The van der Waals surface area contributed by atoms with Crippen LogP contribution in [-0.2, 0) is 33.6 Å². The SMILES string of the molecule is C=C(C=O)[C@@H]1O[C@H](CC2COC(C)(C)O2)C(OC)C1CS(=O)(=O)c1ccccc1. The maximum atomic E-state index is 13.0. The van der Waals surface area contributed by atoms with E-state index in [1.807, 2.05) is 13.8 Å². The molecule has 2 aliphatic rings. The van der Waals surface area contributed by atoms with E-state index < -0.39 is 39.9 Å². The van der Waals surface area contributed by atoms with Gasteiger partial charge < -0.3 is 18.9 Å². The number of sulfone groups is 1. The highest BCUT2D eigenvalue weighted by Gasteiger charge is 2.49. The molecule has 0 aliphatic carbocycles. The van der Waals surface area contributed by atoms with Gasteiger partial charge in [-0.2, -0.15) is 0 Å². The Morgan fingerprint density at radius 2 is 2.00 bits per heavy atom. The van der Waals surface area contributed by atoms with Crippen LogP contribution in [0.2, 0.25) is 0 Å². The van der Waals surface area contributed by atoms with Crippen molar-refractivity contribution >= 4 is 16.1 Å². The Labute approximate surface area is 171 Å². The minimum Gasteiger partial charge on any atom is -0.378 e. The summed E-state index contributed by atoms with van der Waals surface area (Å²) in [6.07, 6.45) is -0.839. The van der Waals surface area contributed by atoms with Crippen molar-refractivity contribution in [2.45, 2.75) is 55.4 Å². The quantitative estimate of drug-likeness (QED) is 0.467. The largest absolute Gasteiger partial charge is 0.378 e. The Kier molecular flexibility index (Phi) is 6.60. The highest BCUT2D eigenvalue weighted by atomic mass is 32.2. The molecule has 1 aromatic rings. The predicted octanol–water partition coefficient (Wildman–Crippen LogP) is 2.16. The second-order valence-electron chi connectivity index (χ2n) is 7.93. The zero-order valence-electron chi connectivity index (χ0n) is 16.9. The molecule has 2 fully saturated rings. The summed E-state index contributed by atoms with van der Waals surface area (Å²) in [6, 6.07) is 8.22. The number of carbonyl (C=O) groups excluding carboxylic acids is 1. The van der Waals surface area contributed by atoms with E-state index in [0.717, 1.165) is 0 Å². The molecular weight excluding hydrogens is 396 g/mol. The highest BCUT2D eigenvalue weighted by Crippen LogP contribution is 2.38. The Morgan fingerprint density at radius 3 is 2.55 bits per heavy atom. The molecule has 0 saturated carbocycles. The van der Waals surface area contributed by atoms with Crippen molar-refractivity contribution in [3.05, 3.63) is 42.5 Å².